The summed E-state index contributed by atoms with van der Waals surface area (Å²) >= 11 is 9.73. The van der Waals surface area contributed by atoms with E-state index in [2.05, 4.69) is 37.2 Å². The molecule has 2 heterocycles. The summed E-state index contributed by atoms with van der Waals surface area (Å²) < 4.78 is 6.82. The second kappa shape index (κ2) is 7.25. The van der Waals surface area contributed by atoms with E-state index in [1.54, 1.807) is 6.21 Å². The van der Waals surface area contributed by atoms with Crippen LogP contribution in [0, 0.1) is 6.92 Å². The van der Waals surface area contributed by atoms with Crippen LogP contribution >= 0.6 is 27.5 Å². The summed E-state index contributed by atoms with van der Waals surface area (Å²) in [7, 11) is 0. The van der Waals surface area contributed by atoms with Gasteiger partial charge in [0.1, 0.15) is 16.4 Å². The molecule has 0 atom stereocenters. The second-order valence-electron chi connectivity index (χ2n) is 6.29. The van der Waals surface area contributed by atoms with Crippen molar-refractivity contribution < 1.29 is 4.42 Å². The van der Waals surface area contributed by atoms with Crippen molar-refractivity contribution in [1.82, 2.24) is 4.98 Å². The van der Waals surface area contributed by atoms with Crippen LogP contribution in [0.25, 0.3) is 21.9 Å². The van der Waals surface area contributed by atoms with Gasteiger partial charge in [-0.1, -0.05) is 39.2 Å². The van der Waals surface area contributed by atoms with Crippen LogP contribution in [-0.4, -0.2) is 16.9 Å². The maximum atomic E-state index is 6.27. The molecule has 27 heavy (non-hydrogen) atoms. The SMILES string of the molecule is C/C(=N\N=C\c1cc2cc(C)ccc2nc1Cl)c1cc2cc(Br)ccc2o1. The molecule has 0 amide bonds. The van der Waals surface area contributed by atoms with Crippen molar-refractivity contribution in [2.45, 2.75) is 13.8 Å². The maximum absolute atomic E-state index is 6.27. The Labute approximate surface area is 169 Å². The van der Waals surface area contributed by atoms with Crippen molar-refractivity contribution >= 4 is 61.3 Å². The van der Waals surface area contributed by atoms with Gasteiger partial charge in [-0.25, -0.2) is 4.98 Å². The summed E-state index contributed by atoms with van der Waals surface area (Å²) in [6.45, 7) is 3.90. The topological polar surface area (TPSA) is 50.8 Å². The molecule has 0 N–H and O–H groups in total. The highest BCUT2D eigenvalue weighted by Gasteiger charge is 2.07. The Hall–Kier alpha value is -2.50. The smallest absolute Gasteiger partial charge is 0.151 e. The predicted octanol–water partition coefficient (Wildman–Crippen LogP) is 6.55. The number of aryl methyl sites for hydroxylation is 1. The standard InChI is InChI=1S/C21H15BrClN3O/c1-12-3-5-18-14(7-12)8-16(21(23)25-18)11-24-26-13(2)20-10-15-9-17(22)4-6-19(15)27-20/h3-11H,1-2H3/b24-11+,26-13+. The van der Waals surface area contributed by atoms with Gasteiger partial charge in [0.05, 0.1) is 11.7 Å². The van der Waals surface area contributed by atoms with E-state index in [4.69, 9.17) is 16.0 Å². The van der Waals surface area contributed by atoms with E-state index in [9.17, 15) is 0 Å². The van der Waals surface area contributed by atoms with Crippen molar-refractivity contribution in [3.8, 4) is 0 Å². The zero-order chi connectivity index (χ0) is 19.0. The van der Waals surface area contributed by atoms with Crippen LogP contribution in [0.1, 0.15) is 23.8 Å². The highest BCUT2D eigenvalue weighted by atomic mass is 79.9. The number of fused-ring (bicyclic) bond motifs is 2. The molecule has 4 aromatic rings. The van der Waals surface area contributed by atoms with Gasteiger partial charge in [-0.15, -0.1) is 0 Å². The van der Waals surface area contributed by atoms with E-state index in [0.29, 0.717) is 16.6 Å². The molecule has 6 heteroatoms. The number of pyridine rings is 1. The molecule has 0 radical (unpaired) electrons. The molecule has 0 saturated carbocycles. The molecule has 4 nitrogen and oxygen atoms in total. The van der Waals surface area contributed by atoms with Crippen molar-refractivity contribution in [3.05, 3.63) is 75.0 Å². The van der Waals surface area contributed by atoms with Crippen LogP contribution in [0.15, 0.2) is 67.6 Å². The molecule has 4 rings (SSSR count). The molecule has 0 aliphatic rings. The number of hydrogen-bond acceptors (Lipinski definition) is 4. The van der Waals surface area contributed by atoms with Gasteiger partial charge >= 0.3 is 0 Å². The normalized spacial score (nSPS) is 12.5. The van der Waals surface area contributed by atoms with E-state index in [1.807, 2.05) is 56.3 Å². The fraction of sp³-hybridized carbons (Fsp3) is 0.0952. The highest BCUT2D eigenvalue weighted by molar-refractivity contribution is 9.10. The molecular formula is C21H15BrClN3O. The minimum Gasteiger partial charge on any atom is -0.455 e. The minimum atomic E-state index is 0.400. The number of nitrogens with zero attached hydrogens (tertiary/aromatic N) is 3. The molecule has 0 unspecified atom stereocenters. The Morgan fingerprint density at radius 3 is 2.81 bits per heavy atom. The fourth-order valence-electron chi connectivity index (χ4n) is 2.80. The van der Waals surface area contributed by atoms with Crippen LogP contribution in [0.5, 0.6) is 0 Å². The molecule has 2 aromatic heterocycles. The van der Waals surface area contributed by atoms with Gasteiger partial charge in [0.15, 0.2) is 5.76 Å². The van der Waals surface area contributed by atoms with E-state index < -0.39 is 0 Å². The first-order valence-corrected chi connectivity index (χ1v) is 9.51. The summed E-state index contributed by atoms with van der Waals surface area (Å²) in [5.41, 5.74) is 4.23. The number of furan rings is 1. The number of aromatic nitrogens is 1. The molecule has 0 aliphatic carbocycles. The largest absolute Gasteiger partial charge is 0.455 e. The third-order valence-corrected chi connectivity index (χ3v) is 4.99. The van der Waals surface area contributed by atoms with Crippen molar-refractivity contribution in [2.24, 2.45) is 10.2 Å². The van der Waals surface area contributed by atoms with Crippen LogP contribution < -0.4 is 0 Å². The van der Waals surface area contributed by atoms with E-state index in [1.165, 1.54) is 5.56 Å². The Morgan fingerprint density at radius 1 is 1.11 bits per heavy atom. The second-order valence-corrected chi connectivity index (χ2v) is 7.56. The Kier molecular flexibility index (Phi) is 4.81. The zero-order valence-corrected chi connectivity index (χ0v) is 17.0. The quantitative estimate of drug-likeness (QED) is 0.206. The molecule has 0 aliphatic heterocycles. The molecule has 0 bridgehead atoms. The Balaban J connectivity index is 1.63. The van der Waals surface area contributed by atoms with E-state index in [-0.39, 0.29) is 0 Å². The lowest BCUT2D eigenvalue weighted by atomic mass is 10.1. The molecular weight excluding hydrogens is 426 g/mol. The summed E-state index contributed by atoms with van der Waals surface area (Å²) in [6.07, 6.45) is 1.61. The predicted molar refractivity (Wildman–Crippen MR) is 115 cm³/mol. The third-order valence-electron chi connectivity index (χ3n) is 4.19. The molecule has 0 spiro atoms. The first-order chi connectivity index (χ1) is 13.0. The first kappa shape index (κ1) is 17.9. The number of hydrogen-bond donors (Lipinski definition) is 0. The van der Waals surface area contributed by atoms with Gasteiger partial charge in [0.25, 0.3) is 0 Å². The van der Waals surface area contributed by atoms with Crippen LogP contribution in [-0.2, 0) is 0 Å². The molecule has 0 fully saturated rings. The van der Waals surface area contributed by atoms with Gasteiger partial charge in [0, 0.05) is 20.8 Å². The van der Waals surface area contributed by atoms with Gasteiger partial charge in [-0.3, -0.25) is 0 Å². The van der Waals surface area contributed by atoms with Gasteiger partial charge in [0.2, 0.25) is 0 Å². The number of benzene rings is 2. The van der Waals surface area contributed by atoms with E-state index >= 15 is 0 Å². The van der Waals surface area contributed by atoms with Crippen molar-refractivity contribution in [2.75, 3.05) is 0 Å². The molecule has 134 valence electrons. The molecule has 2 aromatic carbocycles. The Morgan fingerprint density at radius 2 is 1.96 bits per heavy atom. The fourth-order valence-corrected chi connectivity index (χ4v) is 3.37. The van der Waals surface area contributed by atoms with Crippen molar-refractivity contribution in [3.63, 3.8) is 0 Å². The average molecular weight is 441 g/mol. The number of rotatable bonds is 3. The zero-order valence-electron chi connectivity index (χ0n) is 14.7. The first-order valence-electron chi connectivity index (χ1n) is 8.33. The van der Waals surface area contributed by atoms with Gasteiger partial charge < -0.3 is 4.42 Å². The van der Waals surface area contributed by atoms with Crippen LogP contribution in [0.4, 0.5) is 0 Å². The summed E-state index contributed by atoms with van der Waals surface area (Å²) in [5.74, 6) is 0.679. The average Bonchev–Trinajstić information content (AvgIpc) is 3.05. The lowest BCUT2D eigenvalue weighted by Crippen LogP contribution is -1.92. The summed E-state index contributed by atoms with van der Waals surface area (Å²) in [5, 5.41) is 10.8. The summed E-state index contributed by atoms with van der Waals surface area (Å²) in [6, 6.07) is 15.8. The van der Waals surface area contributed by atoms with Gasteiger partial charge in [-0.05, 0) is 56.3 Å². The number of halogens is 2. The van der Waals surface area contributed by atoms with Gasteiger partial charge in [-0.2, -0.15) is 10.2 Å². The monoisotopic (exact) mass is 439 g/mol. The van der Waals surface area contributed by atoms with Crippen molar-refractivity contribution in [1.29, 1.82) is 0 Å². The molecule has 0 saturated heterocycles. The Bertz CT molecular complexity index is 1230. The highest BCUT2D eigenvalue weighted by Crippen LogP contribution is 2.24. The maximum Gasteiger partial charge on any atom is 0.151 e. The third kappa shape index (κ3) is 3.80. The van der Waals surface area contributed by atoms with Crippen LogP contribution in [0.2, 0.25) is 5.15 Å². The lowest BCUT2D eigenvalue weighted by molar-refractivity contribution is 0.604. The lowest BCUT2D eigenvalue weighted by Gasteiger charge is -2.02. The van der Waals surface area contributed by atoms with Crippen LogP contribution in [0.3, 0.4) is 0 Å². The minimum absolute atomic E-state index is 0.400. The van der Waals surface area contributed by atoms with E-state index in [0.717, 1.165) is 31.9 Å². The summed E-state index contributed by atoms with van der Waals surface area (Å²) in [4.78, 5) is 4.41.